The molecular formula is C41H53FN8O3. The fraction of sp³-hybridized carbons (Fsp3) is 0.512. The maximum absolute atomic E-state index is 15.1. The predicted molar refractivity (Wildman–Crippen MR) is 205 cm³/mol. The van der Waals surface area contributed by atoms with Crippen molar-refractivity contribution in [2.24, 2.45) is 0 Å². The van der Waals surface area contributed by atoms with Crippen LogP contribution in [0.15, 0.2) is 48.7 Å². The highest BCUT2D eigenvalue weighted by atomic mass is 19.1. The van der Waals surface area contributed by atoms with E-state index in [-0.39, 0.29) is 43.1 Å². The average Bonchev–Trinajstić information content (AvgIpc) is 3.61. The van der Waals surface area contributed by atoms with E-state index in [1.54, 1.807) is 6.07 Å². The number of anilines is 1. The third-order valence-corrected chi connectivity index (χ3v) is 11.1. The number of piperazine rings is 1. The molecule has 4 aliphatic rings. The lowest BCUT2D eigenvalue weighted by molar-refractivity contribution is -0.122. The van der Waals surface area contributed by atoms with Gasteiger partial charge in [-0.05, 0) is 80.3 Å². The van der Waals surface area contributed by atoms with Gasteiger partial charge in [-0.15, -0.1) is 0 Å². The van der Waals surface area contributed by atoms with Crippen molar-refractivity contribution in [3.8, 4) is 11.1 Å². The van der Waals surface area contributed by atoms with Crippen LogP contribution in [0.5, 0.6) is 0 Å². The largest absolute Gasteiger partial charge is 0.381 e. The third kappa shape index (κ3) is 8.88. The Morgan fingerprint density at radius 3 is 2.51 bits per heavy atom. The summed E-state index contributed by atoms with van der Waals surface area (Å²) in [5.41, 5.74) is 7.11. The van der Waals surface area contributed by atoms with Gasteiger partial charge < -0.3 is 26.0 Å². The van der Waals surface area contributed by atoms with E-state index in [2.05, 4.69) is 57.2 Å². The van der Waals surface area contributed by atoms with E-state index < -0.39 is 0 Å². The van der Waals surface area contributed by atoms with Crippen molar-refractivity contribution in [3.63, 3.8) is 0 Å². The number of carbonyl (C=O) groups is 2. The number of aryl methyl sites for hydroxylation is 2. The average molecular weight is 725 g/mol. The van der Waals surface area contributed by atoms with Crippen molar-refractivity contribution in [2.75, 3.05) is 31.6 Å². The molecule has 4 N–H and O–H groups in total. The van der Waals surface area contributed by atoms with E-state index >= 15 is 4.39 Å². The Bertz CT molecular complexity index is 1900. The monoisotopic (exact) mass is 724 g/mol. The third-order valence-electron chi connectivity index (χ3n) is 11.1. The number of rotatable bonds is 15. The zero-order valence-electron chi connectivity index (χ0n) is 31.1. The lowest BCUT2D eigenvalue weighted by Crippen LogP contribution is -2.60. The number of carbonyl (C=O) groups excluding carboxylic acids is 2. The van der Waals surface area contributed by atoms with Crippen molar-refractivity contribution >= 4 is 28.5 Å². The van der Waals surface area contributed by atoms with Gasteiger partial charge in [-0.25, -0.2) is 14.1 Å². The topological polar surface area (TPSA) is 125 Å². The molecule has 2 bridgehead atoms. The molecule has 2 aromatic heterocycles. The number of aromatic nitrogens is 3. The number of nitrogens with zero attached hydrogens (tertiary/aromatic N) is 4. The second-order valence-electron chi connectivity index (χ2n) is 14.7. The summed E-state index contributed by atoms with van der Waals surface area (Å²) in [5.74, 6) is -0.542. The van der Waals surface area contributed by atoms with Crippen LogP contribution in [0.4, 0.5) is 10.1 Å². The summed E-state index contributed by atoms with van der Waals surface area (Å²) >= 11 is 0. The first-order valence-corrected chi connectivity index (χ1v) is 19.5. The van der Waals surface area contributed by atoms with Gasteiger partial charge in [0, 0.05) is 100 Å². The highest BCUT2D eigenvalue weighted by Gasteiger charge is 2.33. The minimum Gasteiger partial charge on any atom is -0.381 e. The van der Waals surface area contributed by atoms with Crippen LogP contribution in [0.1, 0.15) is 81.2 Å². The number of nitrogens with one attached hydrogen (secondary N) is 4. The molecule has 2 amide bonds. The Balaban J connectivity index is 0.908. The van der Waals surface area contributed by atoms with Gasteiger partial charge in [0.25, 0.3) is 0 Å². The number of hydrogen-bond donors (Lipinski definition) is 4. The van der Waals surface area contributed by atoms with Crippen LogP contribution in [-0.4, -0.2) is 75.9 Å². The lowest BCUT2D eigenvalue weighted by atomic mass is 9.92. The zero-order chi connectivity index (χ0) is 36.7. The van der Waals surface area contributed by atoms with E-state index in [4.69, 9.17) is 9.72 Å². The van der Waals surface area contributed by atoms with E-state index in [9.17, 15) is 9.59 Å². The SMILES string of the molecule is CCc1nc2c(cnn2CC)c(NC2CCOCC2)c1CNC(=O)CCCC(=O)NCc1ccc(F)c(-c2cccc(CN3CC4CCC3CN4)c2)c1. The van der Waals surface area contributed by atoms with Crippen LogP contribution >= 0.6 is 0 Å². The van der Waals surface area contributed by atoms with Gasteiger partial charge in [0.15, 0.2) is 5.65 Å². The number of halogens is 1. The van der Waals surface area contributed by atoms with Gasteiger partial charge in [-0.1, -0.05) is 31.2 Å². The predicted octanol–water partition coefficient (Wildman–Crippen LogP) is 5.45. The molecule has 4 aliphatic heterocycles. The Labute approximate surface area is 311 Å². The van der Waals surface area contributed by atoms with E-state index in [1.165, 1.54) is 24.5 Å². The fourth-order valence-electron chi connectivity index (χ4n) is 8.04. The second-order valence-corrected chi connectivity index (χ2v) is 14.7. The van der Waals surface area contributed by atoms with Gasteiger partial charge in [0.1, 0.15) is 5.82 Å². The minimum atomic E-state index is -0.284. The molecule has 11 nitrogen and oxygen atoms in total. The van der Waals surface area contributed by atoms with Crippen LogP contribution in [0.2, 0.25) is 0 Å². The van der Waals surface area contributed by atoms with E-state index in [1.807, 2.05) is 29.1 Å². The van der Waals surface area contributed by atoms with Crippen molar-refractivity contribution in [2.45, 2.75) is 110 Å². The van der Waals surface area contributed by atoms with Gasteiger partial charge in [-0.3, -0.25) is 14.5 Å². The number of amides is 2. The lowest BCUT2D eigenvalue weighted by Gasteiger charge is -2.46. The molecule has 0 radical (unpaired) electrons. The summed E-state index contributed by atoms with van der Waals surface area (Å²) in [4.78, 5) is 33.3. The number of benzene rings is 2. The molecule has 2 unspecified atom stereocenters. The number of fused-ring (bicyclic) bond motifs is 4. The molecule has 0 aliphatic carbocycles. The minimum absolute atomic E-state index is 0.115. The van der Waals surface area contributed by atoms with Crippen LogP contribution in [-0.2, 0) is 46.9 Å². The summed E-state index contributed by atoms with van der Waals surface area (Å²) in [6.45, 7) is 9.87. The van der Waals surface area contributed by atoms with Gasteiger partial charge >= 0.3 is 0 Å². The molecule has 8 rings (SSSR count). The Kier molecular flexibility index (Phi) is 12.0. The Morgan fingerprint density at radius 2 is 1.79 bits per heavy atom. The standard InChI is InChI=1S/C41H53FN8O3/c1-3-37-34(40(47-30-15-17-53-18-16-30)35-24-46-50(4-2)41(35)48-37)23-45-39(52)10-6-9-38(51)44-21-27-11-14-36(42)33(20-27)29-8-5-7-28(19-29)25-49-26-31-12-13-32(49)22-43-31/h5,7-8,11,14,19-20,24,30-32,43H,3-4,6,9-10,12-13,15-18,21-23,25-26H2,1-2H3,(H,44,51)(H,45,52)(H,47,48). The van der Waals surface area contributed by atoms with Crippen molar-refractivity contribution in [1.82, 2.24) is 35.6 Å². The normalized spacial score (nSPS) is 19.1. The smallest absolute Gasteiger partial charge is 0.220 e. The van der Waals surface area contributed by atoms with Crippen molar-refractivity contribution < 1.29 is 18.7 Å². The van der Waals surface area contributed by atoms with E-state index in [0.717, 1.165) is 97.8 Å². The van der Waals surface area contributed by atoms with Crippen LogP contribution < -0.4 is 21.3 Å². The number of ether oxygens (including phenoxy) is 1. The van der Waals surface area contributed by atoms with Gasteiger partial charge in [-0.2, -0.15) is 5.10 Å². The first-order chi connectivity index (χ1) is 25.9. The number of pyridine rings is 1. The van der Waals surface area contributed by atoms with E-state index in [0.29, 0.717) is 30.6 Å². The number of hydrogen-bond acceptors (Lipinski definition) is 8. The maximum atomic E-state index is 15.1. The van der Waals surface area contributed by atoms with Crippen LogP contribution in [0, 0.1) is 5.82 Å². The Morgan fingerprint density at radius 1 is 0.981 bits per heavy atom. The second kappa shape index (κ2) is 17.2. The molecule has 2 aromatic carbocycles. The summed E-state index contributed by atoms with van der Waals surface area (Å²) in [6, 6.07) is 14.6. The summed E-state index contributed by atoms with van der Waals surface area (Å²) in [6.07, 6.45) is 7.74. The molecule has 53 heavy (non-hydrogen) atoms. The highest BCUT2D eigenvalue weighted by Crippen LogP contribution is 2.32. The maximum Gasteiger partial charge on any atom is 0.220 e. The molecule has 4 aromatic rings. The summed E-state index contributed by atoms with van der Waals surface area (Å²) in [7, 11) is 0. The molecule has 6 heterocycles. The zero-order valence-corrected chi connectivity index (χ0v) is 31.1. The quantitative estimate of drug-likeness (QED) is 0.128. The molecular weight excluding hydrogens is 672 g/mol. The molecule has 282 valence electrons. The molecule has 0 saturated carbocycles. The molecule has 4 fully saturated rings. The molecule has 2 atom stereocenters. The molecule has 0 spiro atoms. The summed E-state index contributed by atoms with van der Waals surface area (Å²) in [5, 5.41) is 18.9. The first kappa shape index (κ1) is 36.9. The molecule has 4 saturated heterocycles. The first-order valence-electron chi connectivity index (χ1n) is 19.5. The van der Waals surface area contributed by atoms with Gasteiger partial charge in [0.2, 0.25) is 11.8 Å². The van der Waals surface area contributed by atoms with Gasteiger partial charge in [0.05, 0.1) is 17.3 Å². The highest BCUT2D eigenvalue weighted by molar-refractivity contribution is 5.92. The number of piperidine rings is 2. The van der Waals surface area contributed by atoms with Crippen LogP contribution in [0.3, 0.4) is 0 Å². The summed E-state index contributed by atoms with van der Waals surface area (Å²) < 4.78 is 22.6. The fourth-order valence-corrected chi connectivity index (χ4v) is 8.04. The van der Waals surface area contributed by atoms with Crippen LogP contribution in [0.25, 0.3) is 22.2 Å². The Hall–Kier alpha value is -4.39. The van der Waals surface area contributed by atoms with Crippen molar-refractivity contribution in [1.29, 1.82) is 0 Å². The van der Waals surface area contributed by atoms with Crippen molar-refractivity contribution in [3.05, 3.63) is 76.9 Å². The molecule has 12 heteroatoms.